The molecule has 2 aromatic rings. The van der Waals surface area contributed by atoms with Crippen LogP contribution in [0.15, 0.2) is 24.4 Å². The van der Waals surface area contributed by atoms with Crippen LogP contribution in [-0.2, 0) is 11.2 Å². The summed E-state index contributed by atoms with van der Waals surface area (Å²) in [7, 11) is 1.73. The number of nitrogens with zero attached hydrogens (tertiary/aromatic N) is 1. The predicted molar refractivity (Wildman–Crippen MR) is 75.8 cm³/mol. The first-order chi connectivity index (χ1) is 9.38. The summed E-state index contributed by atoms with van der Waals surface area (Å²) in [6.07, 6.45) is 3.15. The largest absolute Gasteiger partial charge is 0.496 e. The fourth-order valence-electron chi connectivity index (χ4n) is 2.69. The van der Waals surface area contributed by atoms with Gasteiger partial charge in [0.25, 0.3) is 0 Å². The molecule has 4 heteroatoms. The Morgan fingerprint density at radius 2 is 2.16 bits per heavy atom. The Morgan fingerprint density at radius 3 is 2.95 bits per heavy atom. The Balaban J connectivity index is 1.77. The highest BCUT2D eigenvalue weighted by atomic mass is 16.5. The molecular formula is C15H20N2O2. The van der Waals surface area contributed by atoms with Crippen molar-refractivity contribution in [1.29, 1.82) is 0 Å². The lowest BCUT2D eigenvalue weighted by Crippen LogP contribution is -2.37. The Kier molecular flexibility index (Phi) is 3.71. The van der Waals surface area contributed by atoms with E-state index in [0.717, 1.165) is 50.5 Å². The van der Waals surface area contributed by atoms with Crippen LogP contribution in [-0.4, -0.2) is 49.8 Å². The average Bonchev–Trinajstić information content (AvgIpc) is 2.89. The van der Waals surface area contributed by atoms with Crippen molar-refractivity contribution in [3.63, 3.8) is 0 Å². The van der Waals surface area contributed by atoms with Gasteiger partial charge in [-0.2, -0.15) is 0 Å². The quantitative estimate of drug-likeness (QED) is 0.914. The second-order valence-electron chi connectivity index (χ2n) is 4.90. The summed E-state index contributed by atoms with van der Waals surface area (Å²) < 4.78 is 10.8. The molecular weight excluding hydrogens is 240 g/mol. The van der Waals surface area contributed by atoms with E-state index in [1.165, 1.54) is 10.9 Å². The monoisotopic (exact) mass is 260 g/mol. The Hall–Kier alpha value is -1.52. The van der Waals surface area contributed by atoms with E-state index in [1.54, 1.807) is 7.11 Å². The lowest BCUT2D eigenvalue weighted by atomic mass is 10.1. The first kappa shape index (κ1) is 12.5. The molecule has 1 saturated heterocycles. The molecule has 0 bridgehead atoms. The summed E-state index contributed by atoms with van der Waals surface area (Å²) in [4.78, 5) is 5.78. The van der Waals surface area contributed by atoms with Crippen LogP contribution < -0.4 is 4.74 Å². The van der Waals surface area contributed by atoms with Crippen LogP contribution in [0, 0.1) is 0 Å². The van der Waals surface area contributed by atoms with Crippen molar-refractivity contribution < 1.29 is 9.47 Å². The minimum Gasteiger partial charge on any atom is -0.496 e. The molecule has 1 aromatic heterocycles. The number of methoxy groups -OCH3 is 1. The molecule has 3 rings (SSSR count). The van der Waals surface area contributed by atoms with Gasteiger partial charge in [0.1, 0.15) is 5.75 Å². The molecule has 0 atom stereocenters. The van der Waals surface area contributed by atoms with Gasteiger partial charge in [-0.05, 0) is 24.1 Å². The summed E-state index contributed by atoms with van der Waals surface area (Å²) in [6, 6.07) is 6.13. The van der Waals surface area contributed by atoms with E-state index in [9.17, 15) is 0 Å². The van der Waals surface area contributed by atoms with E-state index in [4.69, 9.17) is 9.47 Å². The zero-order chi connectivity index (χ0) is 13.1. The molecule has 1 fully saturated rings. The predicted octanol–water partition coefficient (Wildman–Crippen LogP) is 2.05. The van der Waals surface area contributed by atoms with Crippen LogP contribution in [0.3, 0.4) is 0 Å². The highest BCUT2D eigenvalue weighted by Gasteiger charge is 2.13. The van der Waals surface area contributed by atoms with Crippen molar-refractivity contribution in [2.75, 3.05) is 40.0 Å². The zero-order valence-electron chi connectivity index (χ0n) is 11.3. The van der Waals surface area contributed by atoms with E-state index in [2.05, 4.69) is 22.1 Å². The Bertz CT molecular complexity index is 544. The first-order valence-corrected chi connectivity index (χ1v) is 6.81. The number of fused-ring (bicyclic) bond motifs is 1. The lowest BCUT2D eigenvalue weighted by Gasteiger charge is -2.26. The Labute approximate surface area is 113 Å². The number of benzene rings is 1. The first-order valence-electron chi connectivity index (χ1n) is 6.81. The fourth-order valence-corrected chi connectivity index (χ4v) is 2.69. The van der Waals surface area contributed by atoms with Gasteiger partial charge in [0.2, 0.25) is 0 Å². The van der Waals surface area contributed by atoms with Crippen LogP contribution >= 0.6 is 0 Å². The van der Waals surface area contributed by atoms with Gasteiger partial charge in [0.15, 0.2) is 0 Å². The maximum Gasteiger partial charge on any atom is 0.128 e. The third-order valence-corrected chi connectivity index (χ3v) is 3.77. The fraction of sp³-hybridized carbons (Fsp3) is 0.467. The van der Waals surface area contributed by atoms with Gasteiger partial charge in [-0.3, -0.25) is 4.90 Å². The van der Waals surface area contributed by atoms with Crippen LogP contribution in [0.2, 0.25) is 0 Å². The number of rotatable bonds is 4. The van der Waals surface area contributed by atoms with Crippen LogP contribution in [0.25, 0.3) is 10.9 Å². The van der Waals surface area contributed by atoms with E-state index >= 15 is 0 Å². The third-order valence-electron chi connectivity index (χ3n) is 3.77. The maximum absolute atomic E-state index is 5.46. The molecule has 1 N–H and O–H groups in total. The molecule has 0 aliphatic carbocycles. The number of ether oxygens (including phenoxy) is 2. The van der Waals surface area contributed by atoms with Crippen molar-refractivity contribution in [2.45, 2.75) is 6.42 Å². The summed E-state index contributed by atoms with van der Waals surface area (Å²) in [5, 5.41) is 1.22. The Morgan fingerprint density at radius 1 is 1.32 bits per heavy atom. The summed E-state index contributed by atoms with van der Waals surface area (Å²) in [5.41, 5.74) is 2.48. The minimum atomic E-state index is 0.858. The molecule has 0 spiro atoms. The zero-order valence-corrected chi connectivity index (χ0v) is 11.3. The van der Waals surface area contributed by atoms with Crippen molar-refractivity contribution in [3.05, 3.63) is 30.0 Å². The lowest BCUT2D eigenvalue weighted by molar-refractivity contribution is 0.0385. The number of aromatic amines is 1. The van der Waals surface area contributed by atoms with Gasteiger partial charge < -0.3 is 14.5 Å². The molecule has 0 amide bonds. The summed E-state index contributed by atoms with van der Waals surface area (Å²) in [5.74, 6) is 0.954. The molecule has 2 heterocycles. The van der Waals surface area contributed by atoms with Gasteiger partial charge in [0.05, 0.1) is 20.3 Å². The summed E-state index contributed by atoms with van der Waals surface area (Å²) >= 11 is 0. The van der Waals surface area contributed by atoms with E-state index in [0.29, 0.717) is 0 Å². The molecule has 1 aliphatic rings. The smallest absolute Gasteiger partial charge is 0.128 e. The number of H-pyrrole nitrogens is 1. The number of nitrogens with one attached hydrogen (secondary N) is 1. The molecule has 0 unspecified atom stereocenters. The maximum atomic E-state index is 5.46. The highest BCUT2D eigenvalue weighted by Crippen LogP contribution is 2.28. The van der Waals surface area contributed by atoms with E-state index < -0.39 is 0 Å². The number of hydrogen-bond donors (Lipinski definition) is 1. The number of hydrogen-bond acceptors (Lipinski definition) is 3. The van der Waals surface area contributed by atoms with E-state index in [1.807, 2.05) is 12.1 Å². The topological polar surface area (TPSA) is 37.5 Å². The molecule has 0 saturated carbocycles. The van der Waals surface area contributed by atoms with Crippen molar-refractivity contribution in [1.82, 2.24) is 9.88 Å². The molecule has 102 valence electrons. The van der Waals surface area contributed by atoms with E-state index in [-0.39, 0.29) is 0 Å². The SMILES string of the molecule is COc1cccc2[nH]cc(CCN3CCOCC3)c12. The van der Waals surface area contributed by atoms with Gasteiger partial charge in [-0.1, -0.05) is 6.07 Å². The molecule has 0 radical (unpaired) electrons. The van der Waals surface area contributed by atoms with Crippen LogP contribution in [0.1, 0.15) is 5.56 Å². The normalized spacial score (nSPS) is 16.9. The van der Waals surface area contributed by atoms with Gasteiger partial charge in [-0.25, -0.2) is 0 Å². The molecule has 4 nitrogen and oxygen atoms in total. The standard InChI is InChI=1S/C15H20N2O2/c1-18-14-4-2-3-13-15(14)12(11-16-13)5-6-17-7-9-19-10-8-17/h2-4,11,16H,5-10H2,1H3. The van der Waals surface area contributed by atoms with Crippen molar-refractivity contribution in [3.8, 4) is 5.75 Å². The summed E-state index contributed by atoms with van der Waals surface area (Å²) in [6.45, 7) is 4.88. The molecule has 19 heavy (non-hydrogen) atoms. The molecule has 1 aliphatic heterocycles. The van der Waals surface area contributed by atoms with Crippen LogP contribution in [0.5, 0.6) is 5.75 Å². The van der Waals surface area contributed by atoms with Crippen LogP contribution in [0.4, 0.5) is 0 Å². The van der Waals surface area contributed by atoms with Gasteiger partial charge in [-0.15, -0.1) is 0 Å². The molecule has 1 aromatic carbocycles. The third kappa shape index (κ3) is 2.60. The van der Waals surface area contributed by atoms with Gasteiger partial charge in [0, 0.05) is 36.7 Å². The minimum absolute atomic E-state index is 0.858. The number of aromatic nitrogens is 1. The van der Waals surface area contributed by atoms with Gasteiger partial charge >= 0.3 is 0 Å². The van der Waals surface area contributed by atoms with Crippen molar-refractivity contribution in [2.24, 2.45) is 0 Å². The number of morpholine rings is 1. The second-order valence-corrected chi connectivity index (χ2v) is 4.90. The highest BCUT2D eigenvalue weighted by molar-refractivity contribution is 5.89. The average molecular weight is 260 g/mol. The second kappa shape index (κ2) is 5.63. The van der Waals surface area contributed by atoms with Crippen molar-refractivity contribution >= 4 is 10.9 Å².